The fourth-order valence-corrected chi connectivity index (χ4v) is 7.02. The van der Waals surface area contributed by atoms with Crippen LogP contribution >= 0.6 is 0 Å². The maximum absolute atomic E-state index is 12.7. The Hall–Kier alpha value is -3.15. The van der Waals surface area contributed by atoms with E-state index in [4.69, 9.17) is 14.2 Å². The lowest BCUT2D eigenvalue weighted by Gasteiger charge is -2.37. The normalized spacial score (nSPS) is 12.1. The highest BCUT2D eigenvalue weighted by atomic mass is 16.6. The predicted molar refractivity (Wildman–Crippen MR) is 218 cm³/mol. The fourth-order valence-electron chi connectivity index (χ4n) is 7.02. The number of amides is 1. The Kier molecular flexibility index (Phi) is 22.8. The van der Waals surface area contributed by atoms with Gasteiger partial charge in [-0.2, -0.15) is 0 Å². The number of carbonyl (C=O) groups excluding carboxylic acids is 1. The molecular weight excluding hydrogens is 643 g/mol. The zero-order valence-corrected chi connectivity index (χ0v) is 33.1. The SMILES string of the molecule is CCCCCCCCCCCCCCCCCCCCCCOC[C@H](COC(c1ccccc1)(c1ccccc1)c1ccccc1)OC(=O)N(C)C. The molecule has 1 amide bonds. The molecule has 0 radical (unpaired) electrons. The third-order valence-corrected chi connectivity index (χ3v) is 10.1. The van der Waals surface area contributed by atoms with E-state index in [9.17, 15) is 4.79 Å². The molecule has 1 atom stereocenters. The van der Waals surface area contributed by atoms with E-state index in [-0.39, 0.29) is 13.2 Å². The van der Waals surface area contributed by atoms with Crippen LogP contribution in [0.5, 0.6) is 0 Å². The third kappa shape index (κ3) is 16.7. The summed E-state index contributed by atoms with van der Waals surface area (Å²) in [5.74, 6) is 0. The highest BCUT2D eigenvalue weighted by Crippen LogP contribution is 2.40. The van der Waals surface area contributed by atoms with Crippen LogP contribution in [0.4, 0.5) is 4.79 Å². The van der Waals surface area contributed by atoms with Crippen molar-refractivity contribution in [2.24, 2.45) is 0 Å². The smallest absolute Gasteiger partial charge is 0.409 e. The minimum absolute atomic E-state index is 0.178. The number of rotatable bonds is 30. The number of unbranched alkanes of at least 4 members (excludes halogenated alkanes) is 19. The molecule has 0 saturated carbocycles. The first-order valence-corrected chi connectivity index (χ1v) is 20.8. The van der Waals surface area contributed by atoms with Crippen LogP contribution in [-0.4, -0.2) is 51.0 Å². The Morgan fingerprint density at radius 1 is 0.519 bits per heavy atom. The largest absolute Gasteiger partial charge is 0.441 e. The molecular formula is C47H71NO4. The standard InChI is InChI=1S/C47H71NO4/c1-4-5-6-7-8-9-10-11-12-13-14-15-16-17-18-19-20-21-22-32-39-50-40-45(52-46(49)48(2)3)41-51-47(42-33-26-23-27-34-42,43-35-28-24-29-36-43)44-37-30-25-31-38-44/h23-31,33-38,45H,4-22,32,39-41H2,1-3H3/t45-/m1/s1. The summed E-state index contributed by atoms with van der Waals surface area (Å²) in [6, 6.07) is 30.8. The molecule has 5 nitrogen and oxygen atoms in total. The lowest BCUT2D eigenvalue weighted by molar-refractivity contribution is -0.0721. The minimum Gasteiger partial charge on any atom is -0.441 e. The van der Waals surface area contributed by atoms with Gasteiger partial charge in [0.1, 0.15) is 5.60 Å². The highest BCUT2D eigenvalue weighted by molar-refractivity contribution is 5.67. The average Bonchev–Trinajstić information content (AvgIpc) is 3.18. The Morgan fingerprint density at radius 2 is 0.865 bits per heavy atom. The van der Waals surface area contributed by atoms with Crippen molar-refractivity contribution >= 4 is 6.09 Å². The summed E-state index contributed by atoms with van der Waals surface area (Å²) < 4.78 is 19.0. The topological polar surface area (TPSA) is 48.0 Å². The number of ether oxygens (including phenoxy) is 3. The summed E-state index contributed by atoms with van der Waals surface area (Å²) in [5, 5.41) is 0. The van der Waals surface area contributed by atoms with Crippen LogP contribution in [0.1, 0.15) is 152 Å². The molecule has 0 bridgehead atoms. The van der Waals surface area contributed by atoms with Crippen LogP contribution in [0.15, 0.2) is 91.0 Å². The van der Waals surface area contributed by atoms with E-state index in [1.54, 1.807) is 14.1 Å². The number of nitrogens with zero attached hydrogens (tertiary/aromatic N) is 1. The summed E-state index contributed by atoms with van der Waals surface area (Å²) in [7, 11) is 3.39. The zero-order chi connectivity index (χ0) is 37.0. The Bertz CT molecular complexity index is 1170. The van der Waals surface area contributed by atoms with Gasteiger partial charge in [-0.15, -0.1) is 0 Å². The Labute approximate surface area is 317 Å². The lowest BCUT2D eigenvalue weighted by atomic mass is 9.80. The number of hydrogen-bond donors (Lipinski definition) is 0. The summed E-state index contributed by atoms with van der Waals surface area (Å²) in [4.78, 5) is 14.2. The summed E-state index contributed by atoms with van der Waals surface area (Å²) >= 11 is 0. The van der Waals surface area contributed by atoms with E-state index in [2.05, 4.69) is 43.3 Å². The van der Waals surface area contributed by atoms with Crippen molar-refractivity contribution in [3.63, 3.8) is 0 Å². The van der Waals surface area contributed by atoms with Gasteiger partial charge in [0.25, 0.3) is 0 Å². The van der Waals surface area contributed by atoms with Gasteiger partial charge in [0.2, 0.25) is 0 Å². The van der Waals surface area contributed by atoms with E-state index >= 15 is 0 Å². The molecule has 0 unspecified atom stereocenters. The van der Waals surface area contributed by atoms with Gasteiger partial charge in [0.05, 0.1) is 13.2 Å². The van der Waals surface area contributed by atoms with Crippen LogP contribution in [0.25, 0.3) is 0 Å². The fraction of sp³-hybridized carbons (Fsp3) is 0.596. The molecule has 3 aromatic carbocycles. The van der Waals surface area contributed by atoms with Crippen molar-refractivity contribution in [1.29, 1.82) is 0 Å². The van der Waals surface area contributed by atoms with E-state index in [1.165, 1.54) is 120 Å². The van der Waals surface area contributed by atoms with E-state index in [0.717, 1.165) is 29.5 Å². The van der Waals surface area contributed by atoms with Crippen molar-refractivity contribution in [2.45, 2.75) is 147 Å². The molecule has 52 heavy (non-hydrogen) atoms. The maximum Gasteiger partial charge on any atom is 0.409 e. The van der Waals surface area contributed by atoms with Crippen molar-refractivity contribution in [3.05, 3.63) is 108 Å². The van der Waals surface area contributed by atoms with Crippen molar-refractivity contribution < 1.29 is 19.0 Å². The monoisotopic (exact) mass is 714 g/mol. The van der Waals surface area contributed by atoms with Gasteiger partial charge in [-0.1, -0.05) is 220 Å². The second-order valence-electron chi connectivity index (χ2n) is 14.8. The first-order valence-electron chi connectivity index (χ1n) is 20.8. The average molecular weight is 714 g/mol. The number of hydrogen-bond acceptors (Lipinski definition) is 4. The van der Waals surface area contributed by atoms with E-state index < -0.39 is 17.8 Å². The second kappa shape index (κ2) is 27.5. The molecule has 0 aromatic heterocycles. The first kappa shape index (κ1) is 43.3. The Morgan fingerprint density at radius 3 is 1.21 bits per heavy atom. The second-order valence-corrected chi connectivity index (χ2v) is 14.8. The van der Waals surface area contributed by atoms with E-state index in [1.807, 2.05) is 54.6 Å². The van der Waals surface area contributed by atoms with Crippen LogP contribution in [0.3, 0.4) is 0 Å². The van der Waals surface area contributed by atoms with Gasteiger partial charge in [0, 0.05) is 20.7 Å². The van der Waals surface area contributed by atoms with E-state index in [0.29, 0.717) is 6.61 Å². The first-order chi connectivity index (χ1) is 25.6. The molecule has 0 saturated heterocycles. The third-order valence-electron chi connectivity index (χ3n) is 10.1. The van der Waals surface area contributed by atoms with Crippen molar-refractivity contribution in [2.75, 3.05) is 33.9 Å². The molecule has 3 rings (SSSR count). The zero-order valence-electron chi connectivity index (χ0n) is 33.1. The van der Waals surface area contributed by atoms with Crippen LogP contribution < -0.4 is 0 Å². The summed E-state index contributed by atoms with van der Waals surface area (Å²) in [6.45, 7) is 3.40. The summed E-state index contributed by atoms with van der Waals surface area (Å²) in [5.41, 5.74) is 2.14. The quantitative estimate of drug-likeness (QED) is 0.0510. The van der Waals surface area contributed by atoms with Gasteiger partial charge < -0.3 is 19.1 Å². The lowest BCUT2D eigenvalue weighted by Crippen LogP contribution is -2.39. The molecule has 0 heterocycles. The molecule has 0 aliphatic rings. The van der Waals surface area contributed by atoms with Crippen LogP contribution in [0, 0.1) is 0 Å². The highest BCUT2D eigenvalue weighted by Gasteiger charge is 2.38. The maximum atomic E-state index is 12.7. The Balaban J connectivity index is 1.35. The predicted octanol–water partition coefficient (Wildman–Crippen LogP) is 12.9. The van der Waals surface area contributed by atoms with Gasteiger partial charge in [-0.05, 0) is 23.1 Å². The van der Waals surface area contributed by atoms with Gasteiger partial charge in [-0.25, -0.2) is 4.79 Å². The summed E-state index contributed by atoms with van der Waals surface area (Å²) in [6.07, 6.45) is 26.4. The molecule has 0 spiro atoms. The van der Waals surface area contributed by atoms with Crippen molar-refractivity contribution in [1.82, 2.24) is 4.90 Å². The molecule has 0 aliphatic heterocycles. The van der Waals surface area contributed by atoms with Gasteiger partial charge >= 0.3 is 6.09 Å². The van der Waals surface area contributed by atoms with Gasteiger partial charge in [-0.3, -0.25) is 0 Å². The molecule has 0 aliphatic carbocycles. The number of benzene rings is 3. The van der Waals surface area contributed by atoms with Crippen molar-refractivity contribution in [3.8, 4) is 0 Å². The molecule has 3 aromatic rings. The molecule has 5 heteroatoms. The molecule has 288 valence electrons. The number of carbonyl (C=O) groups is 1. The molecule has 0 fully saturated rings. The van der Waals surface area contributed by atoms with Crippen LogP contribution in [-0.2, 0) is 19.8 Å². The molecule has 0 N–H and O–H groups in total. The van der Waals surface area contributed by atoms with Gasteiger partial charge in [0.15, 0.2) is 6.10 Å². The van der Waals surface area contributed by atoms with Crippen LogP contribution in [0.2, 0.25) is 0 Å². The minimum atomic E-state index is -0.890.